The van der Waals surface area contributed by atoms with Crippen LogP contribution in [-0.2, 0) is 30.0 Å². The topological polar surface area (TPSA) is 77.5 Å². The monoisotopic (exact) mass is 338 g/mol. The van der Waals surface area contributed by atoms with Gasteiger partial charge in [-0.05, 0) is 33.8 Å². The number of fused-ring (bicyclic) bond motifs is 2. The van der Waals surface area contributed by atoms with Crippen molar-refractivity contribution in [2.24, 2.45) is 0 Å². The van der Waals surface area contributed by atoms with Gasteiger partial charge in [-0.1, -0.05) is 17.7 Å². The quantitative estimate of drug-likeness (QED) is 0.479. The number of hydrogen-bond acceptors (Lipinski definition) is 5. The highest BCUT2D eigenvalue weighted by Crippen LogP contribution is 2.42. The molecule has 1 aromatic heterocycles. The van der Waals surface area contributed by atoms with E-state index in [0.717, 1.165) is 5.56 Å². The average molecular weight is 339 g/mol. The summed E-state index contributed by atoms with van der Waals surface area (Å²) in [7, 11) is 0. The Morgan fingerprint density at radius 3 is 2.57 bits per heavy atom. The molecule has 1 atom stereocenters. The van der Waals surface area contributed by atoms with Crippen LogP contribution < -0.4 is 5.32 Å². The van der Waals surface area contributed by atoms with Crippen molar-refractivity contribution in [3.63, 3.8) is 0 Å². The number of rotatable bonds is 1. The average Bonchev–Trinajstić information content (AvgIpc) is 2.39. The lowest BCUT2D eigenvalue weighted by atomic mass is 9.72. The van der Waals surface area contributed by atoms with Gasteiger partial charge in [0.25, 0.3) is 0 Å². The Morgan fingerprint density at radius 1 is 1.39 bits per heavy atom. The fourth-order valence-electron chi connectivity index (χ4n) is 2.82. The first kappa shape index (κ1) is 16.2. The molecule has 3 heterocycles. The van der Waals surface area contributed by atoms with Crippen LogP contribution >= 0.6 is 11.6 Å². The molecule has 7 heteroatoms. The van der Waals surface area contributed by atoms with Gasteiger partial charge in [0, 0.05) is 5.56 Å². The predicted octanol–water partition coefficient (Wildman–Crippen LogP) is 1.69. The van der Waals surface area contributed by atoms with Gasteiger partial charge in [-0.15, -0.1) is 0 Å². The van der Waals surface area contributed by atoms with Gasteiger partial charge in [-0.25, -0.2) is 4.98 Å². The van der Waals surface area contributed by atoms with Gasteiger partial charge in [-0.3, -0.25) is 9.59 Å². The maximum absolute atomic E-state index is 12.8. The highest BCUT2D eigenvalue weighted by Gasteiger charge is 2.59. The van der Waals surface area contributed by atoms with E-state index in [0.29, 0.717) is 18.9 Å². The molecule has 1 unspecified atom stereocenters. The number of carbonyl (C=O) groups is 2. The molecule has 0 aromatic carbocycles. The van der Waals surface area contributed by atoms with Crippen molar-refractivity contribution in [2.45, 2.75) is 44.2 Å². The second-order valence-electron chi connectivity index (χ2n) is 7.19. The molecule has 0 radical (unpaired) electrons. The predicted molar refractivity (Wildman–Crippen MR) is 83.1 cm³/mol. The molecule has 3 rings (SSSR count). The van der Waals surface area contributed by atoms with Crippen LogP contribution in [0, 0.1) is 0 Å². The molecule has 1 aromatic rings. The third-order valence-electron chi connectivity index (χ3n) is 4.16. The Bertz CT molecular complexity index is 694. The maximum Gasteiger partial charge on any atom is 0.328 e. The first-order valence-electron chi connectivity index (χ1n) is 7.40. The number of amides is 1. The highest BCUT2D eigenvalue weighted by atomic mass is 35.5. The van der Waals surface area contributed by atoms with Crippen LogP contribution in [0.3, 0.4) is 0 Å². The first-order valence-corrected chi connectivity index (χ1v) is 7.78. The summed E-state index contributed by atoms with van der Waals surface area (Å²) in [6.07, 6.45) is 0. The van der Waals surface area contributed by atoms with Crippen LogP contribution in [0.1, 0.15) is 39.0 Å². The standard InChI is InChI=1S/C16H19ClN2O4/c1-14(2,3)23-13(21)15(4)11-9(5-6-10(17)18-11)16(7-22-8-16)19-12(15)20/h5-6H,7-8H2,1-4H3,(H,19,20). The SMILES string of the molecule is CC(C)(C)OC(=O)C1(C)C(=O)NC2(COC2)c2ccc(Cl)nc21. The lowest BCUT2D eigenvalue weighted by Gasteiger charge is -2.49. The second-order valence-corrected chi connectivity index (χ2v) is 7.57. The number of nitrogens with zero attached hydrogens (tertiary/aromatic N) is 1. The Labute approximate surface area is 139 Å². The number of halogens is 1. The Hall–Kier alpha value is -1.66. The van der Waals surface area contributed by atoms with Gasteiger partial charge in [-0.2, -0.15) is 0 Å². The van der Waals surface area contributed by atoms with E-state index in [2.05, 4.69) is 10.3 Å². The van der Waals surface area contributed by atoms with E-state index in [1.807, 2.05) is 0 Å². The van der Waals surface area contributed by atoms with Gasteiger partial charge in [0.05, 0.1) is 18.9 Å². The van der Waals surface area contributed by atoms with E-state index < -0.39 is 28.4 Å². The maximum atomic E-state index is 12.8. The van der Waals surface area contributed by atoms with E-state index in [1.165, 1.54) is 6.92 Å². The van der Waals surface area contributed by atoms with Gasteiger partial charge in [0.15, 0.2) is 5.41 Å². The van der Waals surface area contributed by atoms with Crippen LogP contribution in [0.2, 0.25) is 5.15 Å². The van der Waals surface area contributed by atoms with Crippen LogP contribution in [0.15, 0.2) is 12.1 Å². The molecule has 1 N–H and O–H groups in total. The van der Waals surface area contributed by atoms with Gasteiger partial charge >= 0.3 is 5.97 Å². The number of aromatic nitrogens is 1. The van der Waals surface area contributed by atoms with E-state index >= 15 is 0 Å². The summed E-state index contributed by atoms with van der Waals surface area (Å²) >= 11 is 6.02. The van der Waals surface area contributed by atoms with Gasteiger partial charge < -0.3 is 14.8 Å². The van der Waals surface area contributed by atoms with E-state index in [-0.39, 0.29) is 5.15 Å². The van der Waals surface area contributed by atoms with Crippen molar-refractivity contribution >= 4 is 23.5 Å². The summed E-state index contributed by atoms with van der Waals surface area (Å²) in [5.41, 5.74) is -1.80. The number of nitrogens with one attached hydrogen (secondary N) is 1. The second kappa shape index (κ2) is 4.92. The molecule has 1 saturated heterocycles. The molecule has 23 heavy (non-hydrogen) atoms. The Kier molecular flexibility index (Phi) is 3.46. The smallest absolute Gasteiger partial charge is 0.328 e. The largest absolute Gasteiger partial charge is 0.459 e. The normalized spacial score (nSPS) is 25.3. The fraction of sp³-hybridized carbons (Fsp3) is 0.562. The molecule has 0 saturated carbocycles. The molecule has 2 aliphatic heterocycles. The van der Waals surface area contributed by atoms with Crippen LogP contribution in [0.25, 0.3) is 0 Å². The zero-order chi connectivity index (χ0) is 17.0. The molecule has 1 spiro atoms. The van der Waals surface area contributed by atoms with Crippen molar-refractivity contribution in [3.8, 4) is 0 Å². The number of hydrogen-bond donors (Lipinski definition) is 1. The molecule has 124 valence electrons. The minimum absolute atomic E-state index is 0.226. The number of pyridine rings is 1. The summed E-state index contributed by atoms with van der Waals surface area (Å²) in [5, 5.41) is 3.14. The Balaban J connectivity index is 2.14. The summed E-state index contributed by atoms with van der Waals surface area (Å²) < 4.78 is 10.7. The van der Waals surface area contributed by atoms with Crippen LogP contribution in [0.5, 0.6) is 0 Å². The lowest BCUT2D eigenvalue weighted by molar-refractivity contribution is -0.168. The van der Waals surface area contributed by atoms with E-state index in [1.54, 1.807) is 32.9 Å². The summed E-state index contributed by atoms with van der Waals surface area (Å²) in [4.78, 5) is 29.8. The van der Waals surface area contributed by atoms with Gasteiger partial charge in [0.1, 0.15) is 16.3 Å². The van der Waals surface area contributed by atoms with Crippen molar-refractivity contribution in [2.75, 3.05) is 13.2 Å². The number of ether oxygens (including phenoxy) is 2. The summed E-state index contributed by atoms with van der Waals surface area (Å²) in [6, 6.07) is 3.43. The molecular weight excluding hydrogens is 320 g/mol. The summed E-state index contributed by atoms with van der Waals surface area (Å²) in [6.45, 7) is 7.47. The number of esters is 1. The molecule has 0 aliphatic carbocycles. The van der Waals surface area contributed by atoms with Gasteiger partial charge in [0.2, 0.25) is 5.91 Å². The highest BCUT2D eigenvalue weighted by molar-refractivity contribution is 6.29. The summed E-state index contributed by atoms with van der Waals surface area (Å²) in [5.74, 6) is -1.09. The third kappa shape index (κ3) is 2.40. The van der Waals surface area contributed by atoms with Crippen LogP contribution in [-0.4, -0.2) is 35.7 Å². The zero-order valence-electron chi connectivity index (χ0n) is 13.5. The molecule has 1 amide bonds. The first-order chi connectivity index (χ1) is 10.6. The third-order valence-corrected chi connectivity index (χ3v) is 4.37. The molecular formula is C16H19ClN2O4. The Morgan fingerprint density at radius 2 is 2.04 bits per heavy atom. The fourth-order valence-corrected chi connectivity index (χ4v) is 2.97. The van der Waals surface area contributed by atoms with Crippen molar-refractivity contribution in [1.29, 1.82) is 0 Å². The minimum atomic E-state index is -1.55. The zero-order valence-corrected chi connectivity index (χ0v) is 14.3. The minimum Gasteiger partial charge on any atom is -0.459 e. The molecule has 2 aliphatic rings. The van der Waals surface area contributed by atoms with Crippen molar-refractivity contribution in [1.82, 2.24) is 10.3 Å². The van der Waals surface area contributed by atoms with Crippen LogP contribution in [0.4, 0.5) is 0 Å². The van der Waals surface area contributed by atoms with Crippen molar-refractivity contribution < 1.29 is 19.1 Å². The molecule has 0 bridgehead atoms. The molecule has 6 nitrogen and oxygen atoms in total. The number of carbonyl (C=O) groups excluding carboxylic acids is 2. The van der Waals surface area contributed by atoms with E-state index in [9.17, 15) is 9.59 Å². The van der Waals surface area contributed by atoms with E-state index in [4.69, 9.17) is 21.1 Å². The molecule has 1 fully saturated rings. The lowest BCUT2D eigenvalue weighted by Crippen LogP contribution is -2.68. The van der Waals surface area contributed by atoms with Crippen molar-refractivity contribution in [3.05, 3.63) is 28.5 Å².